The summed E-state index contributed by atoms with van der Waals surface area (Å²) in [6, 6.07) is 3.98. The zero-order valence-corrected chi connectivity index (χ0v) is 10.8. The minimum Gasteiger partial charge on any atom is -0.505 e. The van der Waals surface area contributed by atoms with Gasteiger partial charge in [-0.15, -0.1) is 11.3 Å². The maximum absolute atomic E-state index is 9.90. The lowest BCUT2D eigenvalue weighted by Crippen LogP contribution is -1.98. The Labute approximate surface area is 109 Å². The van der Waals surface area contributed by atoms with Crippen LogP contribution >= 0.6 is 11.3 Å². The van der Waals surface area contributed by atoms with Crippen molar-refractivity contribution in [1.82, 2.24) is 4.98 Å². The van der Waals surface area contributed by atoms with Gasteiger partial charge in [-0.1, -0.05) is 6.07 Å². The Bertz CT molecular complexity index is 550. The van der Waals surface area contributed by atoms with Gasteiger partial charge < -0.3 is 10.2 Å². The molecule has 0 unspecified atom stereocenters. The molecule has 0 aromatic carbocycles. The predicted molar refractivity (Wildman–Crippen MR) is 72.2 cm³/mol. The Morgan fingerprint density at radius 2 is 2.33 bits per heavy atom. The van der Waals surface area contributed by atoms with Crippen LogP contribution in [0.1, 0.15) is 21.7 Å². The van der Waals surface area contributed by atoms with Crippen molar-refractivity contribution < 1.29 is 10.2 Å². The molecule has 0 atom stereocenters. The van der Waals surface area contributed by atoms with E-state index in [1.807, 2.05) is 17.5 Å². The van der Waals surface area contributed by atoms with E-state index in [4.69, 9.17) is 0 Å². The van der Waals surface area contributed by atoms with E-state index in [9.17, 15) is 10.2 Å². The molecule has 0 aliphatic rings. The minimum atomic E-state index is -0.165. The number of rotatable bonds is 4. The number of aliphatic imine (C=N–C) groups is 1. The molecule has 2 aromatic rings. The van der Waals surface area contributed by atoms with Gasteiger partial charge in [-0.25, -0.2) is 0 Å². The van der Waals surface area contributed by atoms with Crippen molar-refractivity contribution in [1.29, 1.82) is 0 Å². The highest BCUT2D eigenvalue weighted by Crippen LogP contribution is 2.22. The molecule has 2 aromatic heterocycles. The molecule has 94 valence electrons. The SMILES string of the molecule is Cc1ncc(CO)c(C=NCc2cccs2)c1O. The largest absolute Gasteiger partial charge is 0.505 e. The quantitative estimate of drug-likeness (QED) is 0.831. The monoisotopic (exact) mass is 262 g/mol. The van der Waals surface area contributed by atoms with Crippen molar-refractivity contribution in [3.63, 3.8) is 0 Å². The predicted octanol–water partition coefficient (Wildman–Crippen LogP) is 2.27. The highest BCUT2D eigenvalue weighted by molar-refractivity contribution is 7.09. The van der Waals surface area contributed by atoms with Gasteiger partial charge in [0, 0.05) is 28.4 Å². The first-order chi connectivity index (χ1) is 8.72. The summed E-state index contributed by atoms with van der Waals surface area (Å²) in [5.41, 5.74) is 1.65. The molecule has 4 nitrogen and oxygen atoms in total. The number of thiophene rings is 1. The number of aromatic hydroxyl groups is 1. The maximum atomic E-state index is 9.90. The van der Waals surface area contributed by atoms with Crippen molar-refractivity contribution in [3.8, 4) is 5.75 Å². The number of aliphatic hydroxyl groups excluding tert-OH is 1. The van der Waals surface area contributed by atoms with Crippen LogP contribution in [0.15, 0.2) is 28.7 Å². The average molecular weight is 262 g/mol. The summed E-state index contributed by atoms with van der Waals surface area (Å²) in [4.78, 5) is 9.43. The van der Waals surface area contributed by atoms with E-state index in [0.717, 1.165) is 4.88 Å². The molecule has 2 N–H and O–H groups in total. The van der Waals surface area contributed by atoms with Gasteiger partial charge in [0.05, 0.1) is 18.8 Å². The highest BCUT2D eigenvalue weighted by Gasteiger charge is 2.08. The van der Waals surface area contributed by atoms with Gasteiger partial charge in [0.2, 0.25) is 0 Å². The van der Waals surface area contributed by atoms with Gasteiger partial charge in [0.1, 0.15) is 5.75 Å². The second-order valence-electron chi connectivity index (χ2n) is 3.84. The van der Waals surface area contributed by atoms with Crippen LogP contribution in [0.5, 0.6) is 5.75 Å². The van der Waals surface area contributed by atoms with Crippen LogP contribution in [0.2, 0.25) is 0 Å². The second-order valence-corrected chi connectivity index (χ2v) is 4.87. The summed E-state index contributed by atoms with van der Waals surface area (Å²) in [6.45, 7) is 2.12. The first-order valence-corrected chi connectivity index (χ1v) is 6.41. The Morgan fingerprint density at radius 1 is 1.50 bits per heavy atom. The van der Waals surface area contributed by atoms with Crippen LogP contribution in [0.25, 0.3) is 0 Å². The van der Waals surface area contributed by atoms with Gasteiger partial charge in [-0.2, -0.15) is 0 Å². The van der Waals surface area contributed by atoms with Crippen molar-refractivity contribution in [2.45, 2.75) is 20.1 Å². The third-order valence-corrected chi connectivity index (χ3v) is 3.44. The van der Waals surface area contributed by atoms with Crippen LogP contribution in [0.3, 0.4) is 0 Å². The van der Waals surface area contributed by atoms with E-state index in [1.165, 1.54) is 0 Å². The van der Waals surface area contributed by atoms with Gasteiger partial charge in [-0.05, 0) is 18.4 Å². The number of aromatic nitrogens is 1. The topological polar surface area (TPSA) is 65.7 Å². The van der Waals surface area contributed by atoms with Crippen LogP contribution < -0.4 is 0 Å². The van der Waals surface area contributed by atoms with Crippen LogP contribution in [0, 0.1) is 6.92 Å². The van der Waals surface area contributed by atoms with E-state index >= 15 is 0 Å². The summed E-state index contributed by atoms with van der Waals surface area (Å²) in [7, 11) is 0. The van der Waals surface area contributed by atoms with Crippen molar-refractivity contribution in [3.05, 3.63) is 45.4 Å². The molecular formula is C13H14N2O2S. The number of aryl methyl sites for hydroxylation is 1. The fourth-order valence-corrected chi connectivity index (χ4v) is 2.19. The van der Waals surface area contributed by atoms with Crippen molar-refractivity contribution in [2.24, 2.45) is 4.99 Å². The number of hydrogen-bond donors (Lipinski definition) is 2. The summed E-state index contributed by atoms with van der Waals surface area (Å²) in [6.07, 6.45) is 3.15. The second kappa shape index (κ2) is 5.75. The van der Waals surface area contributed by atoms with Gasteiger partial charge >= 0.3 is 0 Å². The molecule has 0 fully saturated rings. The Kier molecular flexibility index (Phi) is 4.07. The fraction of sp³-hybridized carbons (Fsp3) is 0.231. The van der Waals surface area contributed by atoms with E-state index in [-0.39, 0.29) is 12.4 Å². The first kappa shape index (κ1) is 12.7. The van der Waals surface area contributed by atoms with E-state index in [1.54, 1.807) is 30.7 Å². The lowest BCUT2D eigenvalue weighted by Gasteiger charge is -2.06. The zero-order valence-electron chi connectivity index (χ0n) is 10.00. The number of nitrogens with zero attached hydrogens (tertiary/aromatic N) is 2. The molecule has 0 bridgehead atoms. The summed E-state index contributed by atoms with van der Waals surface area (Å²) < 4.78 is 0. The Balaban J connectivity index is 2.22. The third-order valence-electron chi connectivity index (χ3n) is 2.58. The molecule has 0 saturated carbocycles. The Morgan fingerprint density at radius 3 is 3.00 bits per heavy atom. The standard InChI is InChI=1S/C13H14N2O2S/c1-9-13(17)12(10(8-16)5-15-9)7-14-6-11-3-2-4-18-11/h2-5,7,16-17H,6,8H2,1H3. The maximum Gasteiger partial charge on any atom is 0.145 e. The molecule has 2 heterocycles. The molecule has 0 saturated heterocycles. The lowest BCUT2D eigenvalue weighted by molar-refractivity contribution is 0.280. The third kappa shape index (κ3) is 2.75. The molecular weight excluding hydrogens is 248 g/mol. The van der Waals surface area contributed by atoms with Crippen molar-refractivity contribution in [2.75, 3.05) is 0 Å². The molecule has 0 amide bonds. The molecule has 0 aliphatic heterocycles. The first-order valence-electron chi connectivity index (χ1n) is 5.53. The molecule has 18 heavy (non-hydrogen) atoms. The lowest BCUT2D eigenvalue weighted by atomic mass is 10.1. The fourth-order valence-electron chi connectivity index (χ4n) is 1.55. The normalized spacial score (nSPS) is 11.2. The zero-order chi connectivity index (χ0) is 13.0. The molecule has 5 heteroatoms. The number of aliphatic hydroxyl groups is 1. The van der Waals surface area contributed by atoms with Crippen LogP contribution in [-0.2, 0) is 13.2 Å². The summed E-state index contributed by atoms with van der Waals surface area (Å²) in [5.74, 6) is 0.0801. The van der Waals surface area contributed by atoms with E-state index in [0.29, 0.717) is 23.4 Å². The molecule has 0 radical (unpaired) electrons. The van der Waals surface area contributed by atoms with Crippen molar-refractivity contribution >= 4 is 17.6 Å². The smallest absolute Gasteiger partial charge is 0.145 e. The average Bonchev–Trinajstić information content (AvgIpc) is 2.88. The molecule has 0 aliphatic carbocycles. The summed E-state index contributed by atoms with van der Waals surface area (Å²) in [5, 5.41) is 21.1. The Hall–Kier alpha value is -1.72. The number of hydrogen-bond acceptors (Lipinski definition) is 5. The molecule has 2 rings (SSSR count). The van der Waals surface area contributed by atoms with Crippen LogP contribution in [0.4, 0.5) is 0 Å². The van der Waals surface area contributed by atoms with Gasteiger partial charge in [-0.3, -0.25) is 9.98 Å². The highest BCUT2D eigenvalue weighted by atomic mass is 32.1. The number of pyridine rings is 1. The van der Waals surface area contributed by atoms with Gasteiger partial charge in [0.25, 0.3) is 0 Å². The van der Waals surface area contributed by atoms with Crippen LogP contribution in [-0.4, -0.2) is 21.4 Å². The summed E-state index contributed by atoms with van der Waals surface area (Å²) >= 11 is 1.64. The van der Waals surface area contributed by atoms with Gasteiger partial charge in [0.15, 0.2) is 0 Å². The molecule has 0 spiro atoms. The van der Waals surface area contributed by atoms with E-state index in [2.05, 4.69) is 9.98 Å². The van der Waals surface area contributed by atoms with E-state index < -0.39 is 0 Å². The minimum absolute atomic E-state index is 0.0801.